The second-order valence-electron chi connectivity index (χ2n) is 5.91. The van der Waals surface area contributed by atoms with Crippen molar-refractivity contribution in [2.75, 3.05) is 13.2 Å². The van der Waals surface area contributed by atoms with Crippen LogP contribution in [0.5, 0.6) is 0 Å². The van der Waals surface area contributed by atoms with E-state index in [9.17, 15) is 0 Å². The van der Waals surface area contributed by atoms with Crippen LogP contribution in [-0.2, 0) is 12.8 Å². The normalized spacial score (nSPS) is 18.1. The lowest BCUT2D eigenvalue weighted by Gasteiger charge is -2.13. The summed E-state index contributed by atoms with van der Waals surface area (Å²) < 4.78 is 0. The molecule has 0 aliphatic heterocycles. The maximum atomic E-state index is 9.00. The molecule has 1 aliphatic carbocycles. The third-order valence-electron chi connectivity index (χ3n) is 4.08. The lowest BCUT2D eigenvalue weighted by molar-refractivity contribution is 0.227. The summed E-state index contributed by atoms with van der Waals surface area (Å²) >= 11 is 2.01. The number of fused-ring (bicyclic) bond motifs is 1. The molecular weight excluding hydrogens is 254 g/mol. The van der Waals surface area contributed by atoms with E-state index in [0.717, 1.165) is 19.4 Å². The van der Waals surface area contributed by atoms with Crippen molar-refractivity contribution >= 4 is 11.3 Å². The Bertz CT molecular complexity index is 365. The Kier molecular flexibility index (Phi) is 5.86. The van der Waals surface area contributed by atoms with Crippen LogP contribution in [-0.4, -0.2) is 18.3 Å². The van der Waals surface area contributed by atoms with Crippen LogP contribution in [0.3, 0.4) is 0 Å². The molecule has 0 spiro atoms. The van der Waals surface area contributed by atoms with Crippen molar-refractivity contribution < 1.29 is 5.11 Å². The van der Waals surface area contributed by atoms with Crippen LogP contribution in [0.2, 0.25) is 0 Å². The Hall–Kier alpha value is -0.380. The van der Waals surface area contributed by atoms with Gasteiger partial charge in [-0.25, -0.2) is 0 Å². The van der Waals surface area contributed by atoms with E-state index in [1.165, 1.54) is 30.6 Å². The van der Waals surface area contributed by atoms with Gasteiger partial charge in [0.25, 0.3) is 0 Å². The molecule has 0 fully saturated rings. The quantitative estimate of drug-likeness (QED) is 0.747. The van der Waals surface area contributed by atoms with Gasteiger partial charge in [-0.2, -0.15) is 0 Å². The minimum absolute atomic E-state index is 0.313. The van der Waals surface area contributed by atoms with E-state index in [-0.39, 0.29) is 0 Å². The molecule has 0 aromatic carbocycles. The average Bonchev–Trinajstić information content (AvgIpc) is 2.87. The van der Waals surface area contributed by atoms with E-state index in [2.05, 4.69) is 25.2 Å². The Balaban J connectivity index is 1.76. The van der Waals surface area contributed by atoms with Crippen LogP contribution < -0.4 is 5.32 Å². The number of thiophene rings is 1. The molecule has 0 bridgehead atoms. The monoisotopic (exact) mass is 281 g/mol. The molecule has 1 aromatic heterocycles. The summed E-state index contributed by atoms with van der Waals surface area (Å²) in [7, 11) is 0. The van der Waals surface area contributed by atoms with Crippen LogP contribution in [0.4, 0.5) is 0 Å². The molecule has 2 N–H and O–H groups in total. The third kappa shape index (κ3) is 4.30. The lowest BCUT2D eigenvalue weighted by Crippen LogP contribution is -2.19. The van der Waals surface area contributed by atoms with Gasteiger partial charge in [-0.1, -0.05) is 6.92 Å². The number of hydrogen-bond donors (Lipinski definition) is 2. The first-order valence-electron chi connectivity index (χ1n) is 7.66. The largest absolute Gasteiger partial charge is 0.396 e. The topological polar surface area (TPSA) is 32.3 Å². The van der Waals surface area contributed by atoms with Gasteiger partial charge in [0.1, 0.15) is 0 Å². The number of rotatable bonds is 7. The number of aliphatic hydroxyl groups is 1. The van der Waals surface area contributed by atoms with E-state index in [1.807, 2.05) is 11.3 Å². The molecule has 2 rings (SSSR count). The highest BCUT2D eigenvalue weighted by Crippen LogP contribution is 2.32. The van der Waals surface area contributed by atoms with Gasteiger partial charge in [0.2, 0.25) is 0 Å². The van der Waals surface area contributed by atoms with Crippen LogP contribution in [0.25, 0.3) is 0 Å². The Labute approximate surface area is 121 Å². The van der Waals surface area contributed by atoms with Crippen molar-refractivity contribution in [1.82, 2.24) is 5.32 Å². The standard InChI is InChI=1S/C16H27NOS/c1-12(11-18)6-5-9-17-13(2)16-10-14-7-3-4-8-15(14)19-16/h10,12-13,17-18H,3-9,11H2,1-2H3. The Morgan fingerprint density at radius 1 is 1.32 bits per heavy atom. The highest BCUT2D eigenvalue weighted by Gasteiger charge is 2.16. The van der Waals surface area contributed by atoms with Gasteiger partial charge in [0.05, 0.1) is 0 Å². The summed E-state index contributed by atoms with van der Waals surface area (Å²) in [5.74, 6) is 0.436. The molecule has 1 aliphatic rings. The fourth-order valence-electron chi connectivity index (χ4n) is 2.69. The second-order valence-corrected chi connectivity index (χ2v) is 7.08. The van der Waals surface area contributed by atoms with E-state index in [0.29, 0.717) is 18.6 Å². The molecule has 0 amide bonds. The smallest absolute Gasteiger partial charge is 0.0456 e. The molecular formula is C16H27NOS. The zero-order chi connectivity index (χ0) is 13.7. The molecule has 2 atom stereocenters. The van der Waals surface area contributed by atoms with E-state index >= 15 is 0 Å². The molecule has 108 valence electrons. The van der Waals surface area contributed by atoms with Crippen LogP contribution in [0.1, 0.15) is 60.9 Å². The fourth-order valence-corrected chi connectivity index (χ4v) is 3.97. The van der Waals surface area contributed by atoms with Gasteiger partial charge >= 0.3 is 0 Å². The highest BCUT2D eigenvalue weighted by atomic mass is 32.1. The molecule has 2 unspecified atom stereocenters. The van der Waals surface area contributed by atoms with E-state index in [4.69, 9.17) is 5.11 Å². The number of nitrogens with one attached hydrogen (secondary N) is 1. The molecule has 1 aromatic rings. The number of hydrogen-bond acceptors (Lipinski definition) is 3. The first-order chi connectivity index (χ1) is 9.20. The summed E-state index contributed by atoms with van der Waals surface area (Å²) in [5, 5.41) is 12.6. The second kappa shape index (κ2) is 7.41. The minimum Gasteiger partial charge on any atom is -0.396 e. The van der Waals surface area contributed by atoms with Crippen LogP contribution >= 0.6 is 11.3 Å². The fraction of sp³-hybridized carbons (Fsp3) is 0.750. The summed E-state index contributed by atoms with van der Waals surface area (Å²) in [5.41, 5.74) is 1.61. The first-order valence-corrected chi connectivity index (χ1v) is 8.48. The maximum Gasteiger partial charge on any atom is 0.0456 e. The number of aryl methyl sites for hydroxylation is 2. The molecule has 3 heteroatoms. The average molecular weight is 281 g/mol. The van der Waals surface area contributed by atoms with Crippen molar-refractivity contribution in [2.45, 2.75) is 58.4 Å². The van der Waals surface area contributed by atoms with Gasteiger partial charge in [0, 0.05) is 22.4 Å². The van der Waals surface area contributed by atoms with E-state index in [1.54, 1.807) is 10.4 Å². The molecule has 0 saturated carbocycles. The van der Waals surface area contributed by atoms with Crippen molar-refractivity contribution in [2.24, 2.45) is 5.92 Å². The summed E-state index contributed by atoms with van der Waals surface area (Å²) in [6, 6.07) is 2.90. The molecule has 0 radical (unpaired) electrons. The van der Waals surface area contributed by atoms with Crippen molar-refractivity contribution in [3.8, 4) is 0 Å². The van der Waals surface area contributed by atoms with Gasteiger partial charge < -0.3 is 10.4 Å². The van der Waals surface area contributed by atoms with Crippen LogP contribution in [0.15, 0.2) is 6.07 Å². The zero-order valence-corrected chi connectivity index (χ0v) is 13.1. The predicted molar refractivity (Wildman–Crippen MR) is 82.9 cm³/mol. The van der Waals surface area contributed by atoms with E-state index < -0.39 is 0 Å². The maximum absolute atomic E-state index is 9.00. The lowest BCUT2D eigenvalue weighted by atomic mass is 9.99. The van der Waals surface area contributed by atoms with Crippen molar-refractivity contribution in [1.29, 1.82) is 0 Å². The van der Waals surface area contributed by atoms with Crippen molar-refractivity contribution in [3.05, 3.63) is 21.4 Å². The SMILES string of the molecule is CC(CO)CCCNC(C)c1cc2c(s1)CCCC2. The Morgan fingerprint density at radius 2 is 2.11 bits per heavy atom. The minimum atomic E-state index is 0.313. The molecule has 1 heterocycles. The third-order valence-corrected chi connectivity index (χ3v) is 5.50. The molecule has 0 saturated heterocycles. The van der Waals surface area contributed by atoms with Gasteiger partial charge in [-0.15, -0.1) is 11.3 Å². The molecule has 19 heavy (non-hydrogen) atoms. The van der Waals surface area contributed by atoms with Gasteiger partial charge in [-0.3, -0.25) is 0 Å². The summed E-state index contributed by atoms with van der Waals surface area (Å²) in [4.78, 5) is 3.13. The zero-order valence-electron chi connectivity index (χ0n) is 12.2. The van der Waals surface area contributed by atoms with Crippen LogP contribution in [0, 0.1) is 5.92 Å². The predicted octanol–water partition coefficient (Wildman–Crippen LogP) is 3.69. The van der Waals surface area contributed by atoms with Gasteiger partial charge in [0.15, 0.2) is 0 Å². The molecule has 2 nitrogen and oxygen atoms in total. The highest BCUT2D eigenvalue weighted by molar-refractivity contribution is 7.12. The summed E-state index contributed by atoms with van der Waals surface area (Å²) in [6.07, 6.45) is 7.57. The number of aliphatic hydroxyl groups excluding tert-OH is 1. The van der Waals surface area contributed by atoms with Gasteiger partial charge in [-0.05, 0) is 69.5 Å². The summed E-state index contributed by atoms with van der Waals surface area (Å²) in [6.45, 7) is 5.74. The first kappa shape index (κ1) is 15.0. The van der Waals surface area contributed by atoms with Crippen molar-refractivity contribution in [3.63, 3.8) is 0 Å². The Morgan fingerprint density at radius 3 is 2.84 bits per heavy atom.